The molecule has 46 heavy (non-hydrogen) atoms. The quantitative estimate of drug-likeness (QED) is 0.202. The third kappa shape index (κ3) is 9.12. The number of halogens is 6. The highest BCUT2D eigenvalue weighted by molar-refractivity contribution is 5.67. The van der Waals surface area contributed by atoms with Crippen molar-refractivity contribution in [1.82, 2.24) is 20.2 Å². The minimum Gasteiger partial charge on any atom is -0.481 e. The summed E-state index contributed by atoms with van der Waals surface area (Å²) in [6.45, 7) is 7.26. The van der Waals surface area contributed by atoms with Gasteiger partial charge < -0.3 is 14.9 Å². The van der Waals surface area contributed by atoms with Crippen LogP contribution in [0.15, 0.2) is 30.3 Å². The van der Waals surface area contributed by atoms with E-state index in [9.17, 15) is 36.2 Å². The van der Waals surface area contributed by atoms with Crippen molar-refractivity contribution in [3.63, 3.8) is 0 Å². The van der Waals surface area contributed by atoms with Crippen LogP contribution in [0.25, 0.3) is 0 Å². The molecule has 0 bridgehead atoms. The molecule has 8 nitrogen and oxygen atoms in total. The summed E-state index contributed by atoms with van der Waals surface area (Å²) in [6, 6.07) is 5.64. The smallest absolute Gasteiger partial charge is 0.416 e. The number of alkyl halides is 6. The lowest BCUT2D eigenvalue weighted by atomic mass is 9.80. The third-order valence-electron chi connectivity index (χ3n) is 8.60. The number of carboxylic acids is 1. The van der Waals surface area contributed by atoms with E-state index in [0.29, 0.717) is 5.92 Å². The minimum absolute atomic E-state index is 0.0662. The summed E-state index contributed by atoms with van der Waals surface area (Å²) in [7, 11) is 1.52. The van der Waals surface area contributed by atoms with Gasteiger partial charge in [-0.2, -0.15) is 31.1 Å². The molecule has 0 aliphatic heterocycles. The zero-order valence-corrected chi connectivity index (χ0v) is 26.4. The molecule has 2 aromatic carbocycles. The summed E-state index contributed by atoms with van der Waals surface area (Å²) in [5, 5.41) is 21.3. The first kappa shape index (κ1) is 35.0. The molecule has 1 N–H and O–H groups in total. The van der Waals surface area contributed by atoms with Crippen LogP contribution in [0.2, 0.25) is 0 Å². The van der Waals surface area contributed by atoms with E-state index in [1.165, 1.54) is 16.7 Å². The highest BCUT2D eigenvalue weighted by Crippen LogP contribution is 2.38. The van der Waals surface area contributed by atoms with Gasteiger partial charge in [-0.15, -0.1) is 5.10 Å². The van der Waals surface area contributed by atoms with E-state index in [2.05, 4.69) is 33.3 Å². The lowest BCUT2D eigenvalue weighted by molar-refractivity contribution is -0.143. The van der Waals surface area contributed by atoms with Crippen LogP contribution in [-0.2, 0) is 37.3 Å². The van der Waals surface area contributed by atoms with Gasteiger partial charge >= 0.3 is 18.3 Å². The van der Waals surface area contributed by atoms with E-state index in [-0.39, 0.29) is 43.0 Å². The summed E-state index contributed by atoms with van der Waals surface area (Å²) in [5.41, 5.74) is 0.810. The maximum atomic E-state index is 13.7. The first-order valence-electron chi connectivity index (χ1n) is 15.4. The second-order valence-electron chi connectivity index (χ2n) is 12.3. The van der Waals surface area contributed by atoms with Gasteiger partial charge in [-0.3, -0.25) is 4.79 Å². The van der Waals surface area contributed by atoms with Crippen LogP contribution in [0, 0.1) is 25.7 Å². The maximum absolute atomic E-state index is 13.7. The SMILES string of the molecule is CCCN(CC1CCC(CC(=O)O)CC1)c1cc(C)c(C)cc1CN(Cc1cc(C(F)(F)F)cc(C(F)(F)F)c1)c1nnn(C)n1. The van der Waals surface area contributed by atoms with Crippen molar-refractivity contribution in [3.05, 3.63) is 63.7 Å². The predicted octanol–water partition coefficient (Wildman–Crippen LogP) is 7.57. The Hall–Kier alpha value is -3.84. The molecule has 14 heteroatoms. The summed E-state index contributed by atoms with van der Waals surface area (Å²) >= 11 is 0. The molecule has 1 fully saturated rings. The van der Waals surface area contributed by atoms with Crippen molar-refractivity contribution < 1.29 is 36.2 Å². The van der Waals surface area contributed by atoms with Gasteiger partial charge in [0, 0.05) is 38.3 Å². The van der Waals surface area contributed by atoms with E-state index >= 15 is 0 Å². The number of aromatic nitrogens is 4. The molecule has 0 radical (unpaired) electrons. The summed E-state index contributed by atoms with van der Waals surface area (Å²) in [6.07, 6.45) is -5.41. The Bertz CT molecular complexity index is 1460. The van der Waals surface area contributed by atoms with Gasteiger partial charge in [-0.1, -0.05) is 18.1 Å². The van der Waals surface area contributed by atoms with E-state index < -0.39 is 29.4 Å². The highest BCUT2D eigenvalue weighted by atomic mass is 19.4. The van der Waals surface area contributed by atoms with Gasteiger partial charge in [0.1, 0.15) is 0 Å². The molecule has 4 rings (SSSR count). The van der Waals surface area contributed by atoms with E-state index in [0.717, 1.165) is 79.7 Å². The Morgan fingerprint density at radius 1 is 0.891 bits per heavy atom. The molecule has 1 aliphatic rings. The van der Waals surface area contributed by atoms with Crippen molar-refractivity contribution >= 4 is 17.6 Å². The number of aliphatic carboxylic acids is 1. The Balaban J connectivity index is 1.69. The first-order valence-corrected chi connectivity index (χ1v) is 15.4. The van der Waals surface area contributed by atoms with Crippen molar-refractivity contribution in [2.24, 2.45) is 18.9 Å². The summed E-state index contributed by atoms with van der Waals surface area (Å²) in [5.74, 6) is -0.184. The second-order valence-corrected chi connectivity index (χ2v) is 12.3. The monoisotopic (exact) mass is 654 g/mol. The number of aryl methyl sites for hydroxylation is 3. The maximum Gasteiger partial charge on any atom is 0.416 e. The van der Waals surface area contributed by atoms with Gasteiger partial charge in [0.05, 0.1) is 18.2 Å². The van der Waals surface area contributed by atoms with Crippen LogP contribution in [0.3, 0.4) is 0 Å². The molecule has 0 atom stereocenters. The fourth-order valence-corrected chi connectivity index (χ4v) is 6.17. The molecule has 1 saturated carbocycles. The van der Waals surface area contributed by atoms with Gasteiger partial charge in [-0.25, -0.2) is 0 Å². The van der Waals surface area contributed by atoms with Gasteiger partial charge in [0.25, 0.3) is 5.95 Å². The van der Waals surface area contributed by atoms with Gasteiger partial charge in [0.15, 0.2) is 0 Å². The molecule has 0 saturated heterocycles. The number of hydrogen-bond acceptors (Lipinski definition) is 6. The Kier molecular flexibility index (Phi) is 10.9. The van der Waals surface area contributed by atoms with E-state index in [1.807, 2.05) is 19.9 Å². The third-order valence-corrected chi connectivity index (χ3v) is 8.60. The van der Waals surface area contributed by atoms with Crippen molar-refractivity contribution in [2.45, 2.75) is 84.7 Å². The lowest BCUT2D eigenvalue weighted by Crippen LogP contribution is -2.34. The van der Waals surface area contributed by atoms with Crippen molar-refractivity contribution in [1.29, 1.82) is 0 Å². The van der Waals surface area contributed by atoms with Crippen LogP contribution in [0.1, 0.15) is 78.8 Å². The second kappa shape index (κ2) is 14.3. The number of hydrogen-bond donors (Lipinski definition) is 1. The molecular formula is C32H40F6N6O2. The number of carbonyl (C=O) groups is 1. The van der Waals surface area contributed by atoms with Crippen molar-refractivity contribution in [2.75, 3.05) is 22.9 Å². The number of benzene rings is 2. The molecule has 3 aromatic rings. The lowest BCUT2D eigenvalue weighted by Gasteiger charge is -2.35. The van der Waals surface area contributed by atoms with Crippen LogP contribution in [-0.4, -0.2) is 44.4 Å². The molecule has 0 spiro atoms. The topological polar surface area (TPSA) is 87.4 Å². The fourth-order valence-electron chi connectivity index (χ4n) is 6.17. The Labute approximate surface area is 264 Å². The zero-order valence-electron chi connectivity index (χ0n) is 26.4. The van der Waals surface area contributed by atoms with Crippen LogP contribution in [0.5, 0.6) is 0 Å². The Morgan fingerprint density at radius 2 is 1.48 bits per heavy atom. The number of anilines is 2. The van der Waals surface area contributed by atoms with Crippen LogP contribution < -0.4 is 9.80 Å². The minimum atomic E-state index is -4.97. The molecule has 1 aliphatic carbocycles. The first-order chi connectivity index (χ1) is 21.5. The average Bonchev–Trinajstić information content (AvgIpc) is 3.40. The molecule has 0 amide bonds. The highest BCUT2D eigenvalue weighted by Gasteiger charge is 2.37. The van der Waals surface area contributed by atoms with E-state index in [4.69, 9.17) is 0 Å². The molecule has 1 heterocycles. The van der Waals surface area contributed by atoms with Gasteiger partial charge in [-0.05, 0) is 110 Å². The van der Waals surface area contributed by atoms with Crippen molar-refractivity contribution in [3.8, 4) is 0 Å². The standard InChI is InChI=1S/C32H40F6N6O2/c1-5-10-43(17-23-8-6-22(7-9-23)15-29(45)46)28-12-21(3)20(2)11-25(28)19-44(30-39-41-42(4)40-30)18-24-13-26(31(33,34)35)16-27(14-24)32(36,37)38/h11-14,16,22-23H,5-10,15,17-19H2,1-4H3,(H,45,46). The number of carboxylic acid groups (broad SMARTS) is 1. The molecule has 252 valence electrons. The Morgan fingerprint density at radius 3 is 2.00 bits per heavy atom. The van der Waals surface area contributed by atoms with Crippen LogP contribution >= 0.6 is 0 Å². The van der Waals surface area contributed by atoms with Gasteiger partial charge in [0.2, 0.25) is 0 Å². The molecular weight excluding hydrogens is 614 g/mol. The molecule has 0 unspecified atom stereocenters. The fraction of sp³-hybridized carbons (Fsp3) is 0.562. The summed E-state index contributed by atoms with van der Waals surface area (Å²) in [4.78, 5) is 16.2. The van der Waals surface area contributed by atoms with E-state index in [1.54, 1.807) is 0 Å². The average molecular weight is 655 g/mol. The molecule has 1 aromatic heterocycles. The normalized spacial score (nSPS) is 17.3. The van der Waals surface area contributed by atoms with Crippen LogP contribution in [0.4, 0.5) is 38.0 Å². The zero-order chi connectivity index (χ0) is 33.8. The number of nitrogens with zero attached hydrogens (tertiary/aromatic N) is 6. The number of tetrazole rings is 1. The largest absolute Gasteiger partial charge is 0.481 e. The number of rotatable bonds is 12. The predicted molar refractivity (Wildman–Crippen MR) is 161 cm³/mol. The summed E-state index contributed by atoms with van der Waals surface area (Å²) < 4.78 is 82.0.